The molecule has 6 nitrogen and oxygen atoms in total. The van der Waals surface area contributed by atoms with Gasteiger partial charge in [0.2, 0.25) is 0 Å². The zero-order valence-electron chi connectivity index (χ0n) is 15.8. The average molecular weight is 364 g/mol. The number of nitrogens with zero attached hydrogens (tertiary/aromatic N) is 4. The van der Waals surface area contributed by atoms with Crippen molar-refractivity contribution in [3.8, 4) is 5.75 Å². The first-order valence-corrected chi connectivity index (χ1v) is 9.61. The van der Waals surface area contributed by atoms with E-state index >= 15 is 0 Å². The Bertz CT molecular complexity index is 989. The Kier molecular flexibility index (Phi) is 4.01. The summed E-state index contributed by atoms with van der Waals surface area (Å²) in [7, 11) is 0. The third kappa shape index (κ3) is 2.94. The highest BCUT2D eigenvalue weighted by molar-refractivity contribution is 5.59. The fourth-order valence-electron chi connectivity index (χ4n) is 4.06. The molecule has 0 aliphatic carbocycles. The molecular formula is C21H24N4O2. The molecule has 140 valence electrons. The van der Waals surface area contributed by atoms with Crippen molar-refractivity contribution in [2.45, 2.75) is 46.0 Å². The van der Waals surface area contributed by atoms with Crippen LogP contribution in [0, 0.1) is 13.8 Å². The van der Waals surface area contributed by atoms with E-state index in [1.807, 2.05) is 10.7 Å². The molecule has 0 bridgehead atoms. The van der Waals surface area contributed by atoms with E-state index in [4.69, 9.17) is 14.6 Å². The lowest BCUT2D eigenvalue weighted by molar-refractivity contribution is 0.134. The number of hydrogen-bond acceptors (Lipinski definition) is 5. The van der Waals surface area contributed by atoms with Gasteiger partial charge in [0.1, 0.15) is 11.9 Å². The van der Waals surface area contributed by atoms with E-state index in [0.717, 1.165) is 49.8 Å². The highest BCUT2D eigenvalue weighted by Crippen LogP contribution is 2.29. The topological polar surface area (TPSA) is 51.9 Å². The second-order valence-corrected chi connectivity index (χ2v) is 7.50. The number of hydrogen-bond donors (Lipinski definition) is 0. The van der Waals surface area contributed by atoms with E-state index < -0.39 is 0 Å². The molecule has 0 N–H and O–H groups in total. The maximum absolute atomic E-state index is 6.26. The zero-order valence-corrected chi connectivity index (χ0v) is 15.8. The molecule has 0 spiro atoms. The summed E-state index contributed by atoms with van der Waals surface area (Å²) >= 11 is 0. The molecule has 0 amide bonds. The van der Waals surface area contributed by atoms with E-state index in [2.05, 4.69) is 41.9 Å². The Labute approximate surface area is 158 Å². The van der Waals surface area contributed by atoms with Gasteiger partial charge in [-0.15, -0.1) is 5.10 Å². The lowest BCUT2D eigenvalue weighted by Crippen LogP contribution is -2.39. The Morgan fingerprint density at radius 2 is 1.89 bits per heavy atom. The van der Waals surface area contributed by atoms with Gasteiger partial charge in [-0.25, -0.2) is 9.50 Å². The Morgan fingerprint density at radius 3 is 2.74 bits per heavy atom. The Hall–Kier alpha value is -2.60. The molecule has 0 atom stereocenters. The van der Waals surface area contributed by atoms with Crippen molar-refractivity contribution in [1.29, 1.82) is 0 Å². The molecule has 1 aromatic carbocycles. The maximum Gasteiger partial charge on any atom is 0.156 e. The van der Waals surface area contributed by atoms with Crippen LogP contribution in [0.15, 0.2) is 30.6 Å². The van der Waals surface area contributed by atoms with E-state index in [9.17, 15) is 0 Å². The second kappa shape index (κ2) is 6.53. The quantitative estimate of drug-likeness (QED) is 0.713. The summed E-state index contributed by atoms with van der Waals surface area (Å²) in [6.45, 7) is 7.59. The predicted octanol–water partition coefficient (Wildman–Crippen LogP) is 3.42. The van der Waals surface area contributed by atoms with Crippen LogP contribution in [0.25, 0.3) is 5.65 Å². The van der Waals surface area contributed by atoms with Crippen LogP contribution in [0.2, 0.25) is 0 Å². The van der Waals surface area contributed by atoms with Gasteiger partial charge in [-0.1, -0.05) is 6.07 Å². The van der Waals surface area contributed by atoms with Crippen molar-refractivity contribution >= 4 is 11.5 Å². The number of imidazole rings is 1. The summed E-state index contributed by atoms with van der Waals surface area (Å²) in [5, 5.41) is 4.79. The average Bonchev–Trinajstić information content (AvgIpc) is 3.34. The third-order valence-electron chi connectivity index (χ3n) is 5.79. The molecule has 0 unspecified atom stereocenters. The van der Waals surface area contributed by atoms with Gasteiger partial charge in [-0.05, 0) is 37.1 Å². The van der Waals surface area contributed by atoms with Gasteiger partial charge in [-0.2, -0.15) is 0 Å². The first-order valence-electron chi connectivity index (χ1n) is 9.61. The molecule has 0 radical (unpaired) electrons. The number of aryl methyl sites for hydroxylation is 1. The molecule has 4 heterocycles. The number of rotatable bonds is 3. The number of benzene rings is 1. The van der Waals surface area contributed by atoms with Gasteiger partial charge in [-0.3, -0.25) is 0 Å². The molecular weight excluding hydrogens is 340 g/mol. The third-order valence-corrected chi connectivity index (χ3v) is 5.79. The van der Waals surface area contributed by atoms with Crippen LogP contribution in [-0.4, -0.2) is 33.8 Å². The van der Waals surface area contributed by atoms with Gasteiger partial charge in [0.25, 0.3) is 0 Å². The highest BCUT2D eigenvalue weighted by Gasteiger charge is 2.24. The monoisotopic (exact) mass is 364 g/mol. The van der Waals surface area contributed by atoms with Crippen molar-refractivity contribution < 1.29 is 9.47 Å². The highest BCUT2D eigenvalue weighted by atomic mass is 16.5. The van der Waals surface area contributed by atoms with E-state index in [0.29, 0.717) is 6.61 Å². The van der Waals surface area contributed by atoms with Gasteiger partial charge < -0.3 is 14.4 Å². The first-order chi connectivity index (χ1) is 13.2. The van der Waals surface area contributed by atoms with Gasteiger partial charge in [0.05, 0.1) is 13.2 Å². The van der Waals surface area contributed by atoms with Crippen LogP contribution < -0.4 is 9.64 Å². The van der Waals surface area contributed by atoms with Crippen LogP contribution >= 0.6 is 0 Å². The standard InChI is InChI=1S/C21H24N4O2/c1-14-15(2)21(23-25-10-7-22-20(14)25)24-8-5-18(6-9-24)27-19-4-3-16-12-26-13-17(16)11-19/h3-4,7,10-11,18H,5-6,8-9,12-13H2,1-2H3. The van der Waals surface area contributed by atoms with Crippen molar-refractivity contribution in [3.63, 3.8) is 0 Å². The van der Waals surface area contributed by atoms with Gasteiger partial charge in [0, 0.05) is 49.5 Å². The normalized spacial score (nSPS) is 17.5. The minimum atomic E-state index is 0.250. The lowest BCUT2D eigenvalue weighted by Gasteiger charge is -2.34. The molecule has 5 rings (SSSR count). The second-order valence-electron chi connectivity index (χ2n) is 7.50. The van der Waals surface area contributed by atoms with E-state index in [1.54, 1.807) is 6.20 Å². The van der Waals surface area contributed by atoms with Crippen LogP contribution in [0.5, 0.6) is 5.75 Å². The number of fused-ring (bicyclic) bond motifs is 2. The Balaban J connectivity index is 1.28. The van der Waals surface area contributed by atoms with Crippen molar-refractivity contribution in [2.24, 2.45) is 0 Å². The number of piperidine rings is 1. The summed E-state index contributed by atoms with van der Waals surface area (Å²) in [5.41, 5.74) is 5.89. The molecule has 1 fully saturated rings. The lowest BCUT2D eigenvalue weighted by atomic mass is 10.1. The fraction of sp³-hybridized carbons (Fsp3) is 0.429. The van der Waals surface area contributed by atoms with Crippen LogP contribution in [0.1, 0.15) is 35.1 Å². The zero-order chi connectivity index (χ0) is 18.4. The van der Waals surface area contributed by atoms with E-state index in [1.165, 1.54) is 22.3 Å². The minimum absolute atomic E-state index is 0.250. The van der Waals surface area contributed by atoms with Gasteiger partial charge >= 0.3 is 0 Å². The van der Waals surface area contributed by atoms with Gasteiger partial charge in [0.15, 0.2) is 11.5 Å². The number of ether oxygens (including phenoxy) is 2. The number of aromatic nitrogens is 3. The molecule has 2 aliphatic rings. The smallest absolute Gasteiger partial charge is 0.156 e. The Morgan fingerprint density at radius 1 is 1.07 bits per heavy atom. The van der Waals surface area contributed by atoms with Crippen molar-refractivity contribution in [3.05, 3.63) is 52.8 Å². The molecule has 3 aromatic rings. The van der Waals surface area contributed by atoms with Crippen molar-refractivity contribution in [2.75, 3.05) is 18.0 Å². The summed E-state index contributed by atoms with van der Waals surface area (Å²) in [6.07, 6.45) is 5.96. The summed E-state index contributed by atoms with van der Waals surface area (Å²) in [5.74, 6) is 2.02. The summed E-state index contributed by atoms with van der Waals surface area (Å²) in [6, 6.07) is 6.34. The van der Waals surface area contributed by atoms with E-state index in [-0.39, 0.29) is 6.10 Å². The van der Waals surface area contributed by atoms with Crippen LogP contribution in [0.3, 0.4) is 0 Å². The van der Waals surface area contributed by atoms with Crippen molar-refractivity contribution in [1.82, 2.24) is 14.6 Å². The molecule has 27 heavy (non-hydrogen) atoms. The summed E-state index contributed by atoms with van der Waals surface area (Å²) < 4.78 is 13.6. The minimum Gasteiger partial charge on any atom is -0.490 e. The van der Waals surface area contributed by atoms with Crippen LogP contribution in [-0.2, 0) is 18.0 Å². The molecule has 1 saturated heterocycles. The molecule has 2 aliphatic heterocycles. The first kappa shape index (κ1) is 16.6. The SMILES string of the molecule is Cc1c(N2CCC(Oc3ccc4c(c3)COC4)CC2)nn2ccnc2c1C. The fourth-order valence-corrected chi connectivity index (χ4v) is 4.06. The number of anilines is 1. The largest absolute Gasteiger partial charge is 0.490 e. The molecule has 6 heteroatoms. The summed E-state index contributed by atoms with van der Waals surface area (Å²) in [4.78, 5) is 6.78. The molecule has 2 aromatic heterocycles. The predicted molar refractivity (Wildman–Crippen MR) is 103 cm³/mol. The van der Waals surface area contributed by atoms with Crippen LogP contribution in [0.4, 0.5) is 5.82 Å². The maximum atomic E-state index is 6.26. The molecule has 0 saturated carbocycles.